The summed E-state index contributed by atoms with van der Waals surface area (Å²) in [7, 11) is 1.17. The number of ether oxygens (including phenoxy) is 1. The molecule has 128 valence electrons. The number of carbonyl (C=O) groups excluding carboxylic acids is 1. The molecule has 0 aromatic heterocycles. The maximum absolute atomic E-state index is 13.4. The molecule has 0 bridgehead atoms. The summed E-state index contributed by atoms with van der Waals surface area (Å²) in [6.45, 7) is 0. The highest BCUT2D eigenvalue weighted by Crippen LogP contribution is 2.34. The minimum Gasteiger partial charge on any atom is -0.497 e. The van der Waals surface area contributed by atoms with Gasteiger partial charge in [-0.3, -0.25) is 0 Å². The quantitative estimate of drug-likeness (QED) is 0.796. The second-order valence-electron chi connectivity index (χ2n) is 4.65. The van der Waals surface area contributed by atoms with Crippen molar-refractivity contribution >= 4 is 17.4 Å². The molecule has 2 N–H and O–H groups in total. The van der Waals surface area contributed by atoms with E-state index >= 15 is 0 Å². The number of rotatable bonds is 3. The number of alkyl halides is 3. The molecule has 0 atom stereocenters. The van der Waals surface area contributed by atoms with Crippen LogP contribution in [0.3, 0.4) is 0 Å². The zero-order valence-corrected chi connectivity index (χ0v) is 12.2. The van der Waals surface area contributed by atoms with Gasteiger partial charge in [-0.25, -0.2) is 13.6 Å². The smallest absolute Gasteiger partial charge is 0.416 e. The van der Waals surface area contributed by atoms with E-state index in [1.54, 1.807) is 0 Å². The number of halogens is 5. The molecule has 0 aliphatic heterocycles. The van der Waals surface area contributed by atoms with Crippen LogP contribution in [-0.2, 0) is 6.18 Å². The molecule has 4 nitrogen and oxygen atoms in total. The lowest BCUT2D eigenvalue weighted by atomic mass is 10.2. The first-order chi connectivity index (χ1) is 11.2. The Morgan fingerprint density at radius 2 is 1.75 bits per heavy atom. The lowest BCUT2D eigenvalue weighted by molar-refractivity contribution is -0.137. The second kappa shape index (κ2) is 6.73. The van der Waals surface area contributed by atoms with Gasteiger partial charge in [0.1, 0.15) is 17.4 Å². The highest BCUT2D eigenvalue weighted by molar-refractivity contribution is 6.00. The first-order valence-corrected chi connectivity index (χ1v) is 6.48. The Morgan fingerprint density at radius 1 is 1.04 bits per heavy atom. The molecule has 0 unspecified atom stereocenters. The molecule has 0 saturated carbocycles. The summed E-state index contributed by atoms with van der Waals surface area (Å²) < 4.78 is 69.3. The Bertz CT molecular complexity index is 762. The van der Waals surface area contributed by atoms with Gasteiger partial charge in [-0.2, -0.15) is 13.2 Å². The summed E-state index contributed by atoms with van der Waals surface area (Å²) in [5, 5.41) is 4.20. The normalized spacial score (nSPS) is 11.1. The van der Waals surface area contributed by atoms with E-state index < -0.39 is 29.4 Å². The number of hydrogen-bond donors (Lipinski definition) is 2. The number of benzene rings is 2. The number of hydrogen-bond acceptors (Lipinski definition) is 2. The number of anilines is 2. The van der Waals surface area contributed by atoms with Gasteiger partial charge in [-0.05, 0) is 24.3 Å². The van der Waals surface area contributed by atoms with Gasteiger partial charge >= 0.3 is 12.2 Å². The highest BCUT2D eigenvalue weighted by atomic mass is 19.4. The predicted molar refractivity (Wildman–Crippen MR) is 77.0 cm³/mol. The monoisotopic (exact) mass is 346 g/mol. The molecule has 0 spiro atoms. The van der Waals surface area contributed by atoms with Gasteiger partial charge in [-0.15, -0.1) is 0 Å². The molecule has 2 aromatic carbocycles. The fraction of sp³-hybridized carbons (Fsp3) is 0.133. The third kappa shape index (κ3) is 4.34. The van der Waals surface area contributed by atoms with Crippen LogP contribution in [0.2, 0.25) is 0 Å². The van der Waals surface area contributed by atoms with Crippen LogP contribution >= 0.6 is 0 Å². The van der Waals surface area contributed by atoms with Crippen LogP contribution in [0.1, 0.15) is 5.56 Å². The molecule has 2 amide bonds. The Hall–Kier alpha value is -2.84. The molecule has 0 saturated heterocycles. The molecule has 9 heteroatoms. The van der Waals surface area contributed by atoms with Gasteiger partial charge in [0.15, 0.2) is 0 Å². The van der Waals surface area contributed by atoms with Crippen LogP contribution in [0.4, 0.5) is 38.1 Å². The molecule has 2 rings (SSSR count). The molecule has 0 radical (unpaired) electrons. The van der Waals surface area contributed by atoms with Gasteiger partial charge in [0, 0.05) is 17.8 Å². The first-order valence-electron chi connectivity index (χ1n) is 6.48. The van der Waals surface area contributed by atoms with Gasteiger partial charge in [-0.1, -0.05) is 0 Å². The van der Waals surface area contributed by atoms with Gasteiger partial charge < -0.3 is 15.4 Å². The lowest BCUT2D eigenvalue weighted by Crippen LogP contribution is -2.20. The topological polar surface area (TPSA) is 50.4 Å². The van der Waals surface area contributed by atoms with Crippen molar-refractivity contribution in [3.63, 3.8) is 0 Å². The minimum atomic E-state index is -4.63. The highest BCUT2D eigenvalue weighted by Gasteiger charge is 2.31. The standard InChI is InChI=1S/C15H11F5N2O2/c1-24-11-5-8(15(18,19)20)4-10(7-11)21-14(23)22-13-3-2-9(16)6-12(13)17/h2-7H,1H3,(H2,21,22,23). The predicted octanol–water partition coefficient (Wildman–Crippen LogP) is 4.64. The summed E-state index contributed by atoms with van der Waals surface area (Å²) in [5.74, 6) is -1.97. The van der Waals surface area contributed by atoms with Crippen LogP contribution in [0.5, 0.6) is 5.75 Å². The number of methoxy groups -OCH3 is 1. The molecule has 0 aliphatic rings. The van der Waals surface area contributed by atoms with Crippen LogP contribution < -0.4 is 15.4 Å². The van der Waals surface area contributed by atoms with E-state index in [1.807, 2.05) is 0 Å². The van der Waals surface area contributed by atoms with Gasteiger partial charge in [0.25, 0.3) is 0 Å². The van der Waals surface area contributed by atoms with E-state index in [2.05, 4.69) is 10.6 Å². The number of nitrogens with one attached hydrogen (secondary N) is 2. The maximum Gasteiger partial charge on any atom is 0.416 e. The van der Waals surface area contributed by atoms with E-state index in [1.165, 1.54) is 7.11 Å². The summed E-state index contributed by atoms with van der Waals surface area (Å²) in [6.07, 6.45) is -4.63. The van der Waals surface area contributed by atoms with Crippen molar-refractivity contribution in [2.45, 2.75) is 6.18 Å². The number of urea groups is 1. The third-order valence-electron chi connectivity index (χ3n) is 2.91. The van der Waals surface area contributed by atoms with Crippen molar-refractivity contribution in [2.24, 2.45) is 0 Å². The molecule has 2 aromatic rings. The van der Waals surface area contributed by atoms with Crippen molar-refractivity contribution in [1.29, 1.82) is 0 Å². The Morgan fingerprint density at radius 3 is 2.33 bits per heavy atom. The van der Waals surface area contributed by atoms with Crippen LogP contribution in [0.15, 0.2) is 36.4 Å². The van der Waals surface area contributed by atoms with Crippen LogP contribution in [0.25, 0.3) is 0 Å². The van der Waals surface area contributed by atoms with Crippen molar-refractivity contribution in [3.8, 4) is 5.75 Å². The molecule has 24 heavy (non-hydrogen) atoms. The zero-order chi connectivity index (χ0) is 17.9. The van der Waals surface area contributed by atoms with E-state index in [4.69, 9.17) is 4.74 Å². The Labute approximate surface area is 133 Å². The Balaban J connectivity index is 2.19. The minimum absolute atomic E-state index is 0.118. The van der Waals surface area contributed by atoms with E-state index in [0.717, 1.165) is 24.3 Å². The van der Waals surface area contributed by atoms with E-state index in [0.29, 0.717) is 12.1 Å². The van der Waals surface area contributed by atoms with Crippen molar-refractivity contribution < 1.29 is 31.5 Å². The summed E-state index contributed by atoms with van der Waals surface area (Å²) in [6, 6.07) is 4.09. The molecule has 0 heterocycles. The second-order valence-corrected chi connectivity index (χ2v) is 4.65. The largest absolute Gasteiger partial charge is 0.497 e. The molecular formula is C15H11F5N2O2. The van der Waals surface area contributed by atoms with E-state index in [-0.39, 0.29) is 17.1 Å². The number of carbonyl (C=O) groups is 1. The lowest BCUT2D eigenvalue weighted by Gasteiger charge is -2.13. The van der Waals surface area contributed by atoms with Gasteiger partial charge in [0.05, 0.1) is 18.4 Å². The molecular weight excluding hydrogens is 335 g/mol. The van der Waals surface area contributed by atoms with Crippen molar-refractivity contribution in [2.75, 3.05) is 17.7 Å². The first kappa shape index (κ1) is 17.5. The number of amides is 2. The third-order valence-corrected chi connectivity index (χ3v) is 2.91. The van der Waals surface area contributed by atoms with Gasteiger partial charge in [0.2, 0.25) is 0 Å². The SMILES string of the molecule is COc1cc(NC(=O)Nc2ccc(F)cc2F)cc(C(F)(F)F)c1. The molecule has 0 aliphatic carbocycles. The summed E-state index contributed by atoms with van der Waals surface area (Å²) >= 11 is 0. The average molecular weight is 346 g/mol. The maximum atomic E-state index is 13.4. The average Bonchev–Trinajstić information content (AvgIpc) is 2.49. The fourth-order valence-electron chi connectivity index (χ4n) is 1.83. The van der Waals surface area contributed by atoms with E-state index in [9.17, 15) is 26.7 Å². The zero-order valence-electron chi connectivity index (χ0n) is 12.2. The van der Waals surface area contributed by atoms with Crippen LogP contribution in [-0.4, -0.2) is 13.1 Å². The molecule has 0 fully saturated rings. The van der Waals surface area contributed by atoms with Crippen molar-refractivity contribution in [3.05, 3.63) is 53.6 Å². The summed E-state index contributed by atoms with van der Waals surface area (Å²) in [5.41, 5.74) is -1.56. The summed E-state index contributed by atoms with van der Waals surface area (Å²) in [4.78, 5) is 11.8. The van der Waals surface area contributed by atoms with Crippen LogP contribution in [0, 0.1) is 11.6 Å². The Kier molecular flexibility index (Phi) is 4.91. The van der Waals surface area contributed by atoms with Crippen molar-refractivity contribution in [1.82, 2.24) is 0 Å². The fourth-order valence-corrected chi connectivity index (χ4v) is 1.83.